The van der Waals surface area contributed by atoms with E-state index in [1.165, 1.54) is 12.8 Å². The van der Waals surface area contributed by atoms with Crippen LogP contribution in [0.5, 0.6) is 0 Å². The van der Waals surface area contributed by atoms with Crippen molar-refractivity contribution in [3.05, 3.63) is 35.9 Å². The number of carbonyl (C=O) groups is 1. The number of hydrogen-bond acceptors (Lipinski definition) is 4. The molecule has 1 aromatic rings. The van der Waals surface area contributed by atoms with Crippen molar-refractivity contribution in [3.63, 3.8) is 0 Å². The smallest absolute Gasteiger partial charge is 0.430 e. The third kappa shape index (κ3) is 3.64. The summed E-state index contributed by atoms with van der Waals surface area (Å²) in [5.74, 6) is 0. The maximum absolute atomic E-state index is 11.6. The van der Waals surface area contributed by atoms with Crippen molar-refractivity contribution < 1.29 is 14.3 Å². The Morgan fingerprint density at radius 1 is 1.30 bits per heavy atom. The van der Waals surface area contributed by atoms with E-state index in [1.54, 1.807) is 0 Å². The van der Waals surface area contributed by atoms with Gasteiger partial charge in [0.1, 0.15) is 12.7 Å². The first-order valence-electron chi connectivity index (χ1n) is 6.92. The van der Waals surface area contributed by atoms with E-state index in [2.05, 4.69) is 4.90 Å². The molecule has 4 nitrogen and oxygen atoms in total. The van der Waals surface area contributed by atoms with Crippen LogP contribution in [0.25, 0.3) is 0 Å². The molecule has 2 saturated heterocycles. The normalized spacial score (nSPS) is 24.8. The Balaban J connectivity index is 0.00000147. The van der Waals surface area contributed by atoms with Crippen LogP contribution in [-0.4, -0.2) is 36.3 Å². The SMILES string of the molecule is Cl.O=C(OCc1ccccc1)O[C@H]1CC2CCCN2C1. The maximum Gasteiger partial charge on any atom is 0.508 e. The highest BCUT2D eigenvalue weighted by Crippen LogP contribution is 2.29. The first-order chi connectivity index (χ1) is 9.31. The van der Waals surface area contributed by atoms with Crippen LogP contribution in [0.4, 0.5) is 4.79 Å². The molecule has 2 atom stereocenters. The van der Waals surface area contributed by atoms with E-state index in [1.807, 2.05) is 30.3 Å². The molecule has 0 spiro atoms. The van der Waals surface area contributed by atoms with Crippen LogP contribution in [0, 0.1) is 0 Å². The Morgan fingerprint density at radius 3 is 2.85 bits per heavy atom. The lowest BCUT2D eigenvalue weighted by atomic mass is 10.1. The molecular formula is C15H20ClNO3. The topological polar surface area (TPSA) is 38.8 Å². The molecule has 0 radical (unpaired) electrons. The Hall–Kier alpha value is -1.26. The van der Waals surface area contributed by atoms with Crippen molar-refractivity contribution >= 4 is 18.6 Å². The summed E-state index contributed by atoms with van der Waals surface area (Å²) in [7, 11) is 0. The number of hydrogen-bond donors (Lipinski definition) is 0. The summed E-state index contributed by atoms with van der Waals surface area (Å²) < 4.78 is 10.5. The van der Waals surface area contributed by atoms with Crippen LogP contribution >= 0.6 is 12.4 Å². The van der Waals surface area contributed by atoms with Crippen molar-refractivity contribution in [1.29, 1.82) is 0 Å². The number of ether oxygens (including phenoxy) is 2. The first-order valence-corrected chi connectivity index (χ1v) is 6.92. The lowest BCUT2D eigenvalue weighted by Crippen LogP contribution is -2.25. The van der Waals surface area contributed by atoms with E-state index >= 15 is 0 Å². The zero-order valence-corrected chi connectivity index (χ0v) is 12.2. The van der Waals surface area contributed by atoms with E-state index in [4.69, 9.17) is 9.47 Å². The van der Waals surface area contributed by atoms with Crippen molar-refractivity contribution in [2.45, 2.75) is 38.0 Å². The van der Waals surface area contributed by atoms with Gasteiger partial charge in [-0.05, 0) is 24.9 Å². The van der Waals surface area contributed by atoms with Gasteiger partial charge in [0, 0.05) is 19.0 Å². The van der Waals surface area contributed by atoms with Gasteiger partial charge in [-0.1, -0.05) is 30.3 Å². The fourth-order valence-electron chi connectivity index (χ4n) is 3.01. The van der Waals surface area contributed by atoms with E-state index in [0.717, 1.165) is 25.1 Å². The molecule has 0 aliphatic carbocycles. The molecule has 2 fully saturated rings. The van der Waals surface area contributed by atoms with E-state index in [-0.39, 0.29) is 25.1 Å². The largest absolute Gasteiger partial charge is 0.508 e. The molecule has 3 rings (SSSR count). The van der Waals surface area contributed by atoms with E-state index in [0.29, 0.717) is 6.04 Å². The molecule has 2 aliphatic heterocycles. The molecule has 20 heavy (non-hydrogen) atoms. The van der Waals surface area contributed by atoms with Gasteiger partial charge in [-0.2, -0.15) is 0 Å². The molecular weight excluding hydrogens is 278 g/mol. The molecule has 2 aliphatic rings. The van der Waals surface area contributed by atoms with E-state index in [9.17, 15) is 4.79 Å². The summed E-state index contributed by atoms with van der Waals surface area (Å²) in [5, 5.41) is 0. The van der Waals surface area contributed by atoms with Crippen LogP contribution in [0.15, 0.2) is 30.3 Å². The minimum absolute atomic E-state index is 0. The van der Waals surface area contributed by atoms with Crippen LogP contribution < -0.4 is 0 Å². The van der Waals surface area contributed by atoms with Gasteiger partial charge in [0.2, 0.25) is 0 Å². The fraction of sp³-hybridized carbons (Fsp3) is 0.533. The van der Waals surface area contributed by atoms with Gasteiger partial charge >= 0.3 is 6.16 Å². The van der Waals surface area contributed by atoms with E-state index < -0.39 is 6.16 Å². The molecule has 0 bridgehead atoms. The molecule has 2 heterocycles. The molecule has 0 amide bonds. The zero-order valence-electron chi connectivity index (χ0n) is 11.4. The van der Waals surface area contributed by atoms with Crippen LogP contribution in [0.2, 0.25) is 0 Å². The summed E-state index contributed by atoms with van der Waals surface area (Å²) in [4.78, 5) is 14.0. The molecule has 5 heteroatoms. The predicted molar refractivity (Wildman–Crippen MR) is 78.0 cm³/mol. The highest BCUT2D eigenvalue weighted by Gasteiger charge is 2.37. The van der Waals surface area contributed by atoms with Gasteiger partial charge in [0.05, 0.1) is 0 Å². The standard InChI is InChI=1S/C15H19NO3.ClH/c17-15(18-11-12-5-2-1-3-6-12)19-14-9-13-7-4-8-16(13)10-14;/h1-3,5-6,13-14H,4,7-11H2;1H/t13?,14-;/m0./s1. The fourth-order valence-corrected chi connectivity index (χ4v) is 3.01. The lowest BCUT2D eigenvalue weighted by Gasteiger charge is -2.13. The summed E-state index contributed by atoms with van der Waals surface area (Å²) in [6.07, 6.45) is 2.93. The van der Waals surface area contributed by atoms with Gasteiger partial charge < -0.3 is 9.47 Å². The third-order valence-corrected chi connectivity index (χ3v) is 3.93. The first kappa shape index (κ1) is 15.1. The number of halogens is 1. The highest BCUT2D eigenvalue weighted by atomic mass is 35.5. The van der Waals surface area contributed by atoms with Crippen LogP contribution in [0.1, 0.15) is 24.8 Å². The summed E-state index contributed by atoms with van der Waals surface area (Å²) in [5.41, 5.74) is 0.978. The maximum atomic E-state index is 11.6. The molecule has 1 unspecified atom stereocenters. The molecule has 0 aromatic heterocycles. The van der Waals surface area contributed by atoms with Gasteiger partial charge in [-0.15, -0.1) is 12.4 Å². The Bertz CT molecular complexity index is 428. The number of rotatable bonds is 3. The summed E-state index contributed by atoms with van der Waals surface area (Å²) in [6.45, 7) is 2.29. The zero-order chi connectivity index (χ0) is 13.1. The van der Waals surface area contributed by atoms with Gasteiger partial charge in [0.15, 0.2) is 0 Å². The van der Waals surface area contributed by atoms with Crippen molar-refractivity contribution in [3.8, 4) is 0 Å². The molecule has 1 aromatic carbocycles. The minimum Gasteiger partial charge on any atom is -0.430 e. The lowest BCUT2D eigenvalue weighted by molar-refractivity contribution is 0.0216. The Morgan fingerprint density at radius 2 is 2.10 bits per heavy atom. The number of fused-ring (bicyclic) bond motifs is 1. The van der Waals surface area contributed by atoms with Crippen LogP contribution in [-0.2, 0) is 16.1 Å². The Labute approximate surface area is 125 Å². The van der Waals surface area contributed by atoms with Crippen molar-refractivity contribution in [2.75, 3.05) is 13.1 Å². The van der Waals surface area contributed by atoms with Crippen molar-refractivity contribution in [1.82, 2.24) is 4.90 Å². The number of nitrogens with zero attached hydrogens (tertiary/aromatic N) is 1. The van der Waals surface area contributed by atoms with Gasteiger partial charge in [-0.25, -0.2) is 4.79 Å². The number of benzene rings is 1. The summed E-state index contributed by atoms with van der Waals surface area (Å²) >= 11 is 0. The average Bonchev–Trinajstić information content (AvgIpc) is 2.98. The average molecular weight is 298 g/mol. The van der Waals surface area contributed by atoms with Crippen molar-refractivity contribution in [2.24, 2.45) is 0 Å². The Kier molecular flexibility index (Phi) is 5.26. The quantitative estimate of drug-likeness (QED) is 0.804. The second-order valence-electron chi connectivity index (χ2n) is 5.29. The second-order valence-corrected chi connectivity index (χ2v) is 5.29. The number of carbonyl (C=O) groups excluding carboxylic acids is 1. The second kappa shape index (κ2) is 6.95. The third-order valence-electron chi connectivity index (χ3n) is 3.93. The minimum atomic E-state index is -0.546. The summed E-state index contributed by atoms with van der Waals surface area (Å²) in [6, 6.07) is 10.3. The molecule has 110 valence electrons. The van der Waals surface area contributed by atoms with Crippen LogP contribution in [0.3, 0.4) is 0 Å². The predicted octanol–water partition coefficient (Wildman–Crippen LogP) is 3.00. The molecule has 0 N–H and O–H groups in total. The molecule has 0 saturated carbocycles. The monoisotopic (exact) mass is 297 g/mol. The highest BCUT2D eigenvalue weighted by molar-refractivity contribution is 5.85. The van der Waals surface area contributed by atoms with Gasteiger partial charge in [-0.3, -0.25) is 4.90 Å². The van der Waals surface area contributed by atoms with Gasteiger partial charge in [0.25, 0.3) is 0 Å².